The van der Waals surface area contributed by atoms with E-state index in [1.807, 2.05) is 50.2 Å². The average Bonchev–Trinajstić information content (AvgIpc) is 2.84. The first-order valence-corrected chi connectivity index (χ1v) is 12.3. The Morgan fingerprint density at radius 3 is 2.06 bits per heavy atom. The van der Waals surface area contributed by atoms with Crippen LogP contribution in [0.2, 0.25) is 0 Å². The van der Waals surface area contributed by atoms with Gasteiger partial charge < -0.3 is 10.1 Å². The van der Waals surface area contributed by atoms with Crippen LogP contribution in [0.5, 0.6) is 5.75 Å². The van der Waals surface area contributed by atoms with E-state index >= 15 is 0 Å². The molecular formula is C26H25N5O3S. The van der Waals surface area contributed by atoms with Gasteiger partial charge in [-0.2, -0.15) is 8.42 Å². The van der Waals surface area contributed by atoms with E-state index in [-0.39, 0.29) is 16.8 Å². The van der Waals surface area contributed by atoms with Crippen molar-refractivity contribution in [1.29, 1.82) is 0 Å². The molecule has 0 fully saturated rings. The van der Waals surface area contributed by atoms with Crippen molar-refractivity contribution < 1.29 is 13.2 Å². The van der Waals surface area contributed by atoms with Crippen LogP contribution in [0, 0.1) is 13.8 Å². The molecule has 4 rings (SSSR count). The molecule has 0 aliphatic rings. The molecule has 0 aliphatic heterocycles. The van der Waals surface area contributed by atoms with Crippen LogP contribution in [0.25, 0.3) is 0 Å². The number of benzene rings is 3. The highest BCUT2D eigenvalue weighted by atomic mass is 32.2. The van der Waals surface area contributed by atoms with Crippen LogP contribution >= 0.6 is 0 Å². The van der Waals surface area contributed by atoms with Gasteiger partial charge in [-0.25, -0.2) is 9.97 Å². The number of nitrogens with one attached hydrogen (secondary N) is 2. The Bertz CT molecular complexity index is 1390. The number of aryl methyl sites for hydroxylation is 2. The van der Waals surface area contributed by atoms with Crippen molar-refractivity contribution in [1.82, 2.24) is 9.97 Å². The zero-order valence-electron chi connectivity index (χ0n) is 19.3. The molecule has 3 aromatic carbocycles. The van der Waals surface area contributed by atoms with Crippen molar-refractivity contribution in [2.45, 2.75) is 25.3 Å². The summed E-state index contributed by atoms with van der Waals surface area (Å²) in [5.74, 6) is 0.886. The predicted octanol–water partition coefficient (Wildman–Crippen LogP) is 4.94. The summed E-state index contributed by atoms with van der Waals surface area (Å²) in [7, 11) is -3.98. The van der Waals surface area contributed by atoms with Crippen LogP contribution in [0.4, 0.5) is 11.6 Å². The highest BCUT2D eigenvalue weighted by Crippen LogP contribution is 2.19. The Morgan fingerprint density at radius 2 is 1.43 bits per heavy atom. The number of sulfonamides is 1. The van der Waals surface area contributed by atoms with Crippen molar-refractivity contribution in [2.75, 3.05) is 10.6 Å². The van der Waals surface area contributed by atoms with Gasteiger partial charge in [0.15, 0.2) is 0 Å². The lowest BCUT2D eigenvalue weighted by molar-refractivity contribution is 0.306. The van der Waals surface area contributed by atoms with Crippen LogP contribution in [0.1, 0.15) is 17.0 Å². The number of ether oxygens (including phenoxy) is 1. The van der Waals surface area contributed by atoms with Gasteiger partial charge in [-0.3, -0.25) is 5.32 Å². The van der Waals surface area contributed by atoms with Gasteiger partial charge in [0.2, 0.25) is 11.9 Å². The van der Waals surface area contributed by atoms with Crippen LogP contribution in [0.15, 0.2) is 100 Å². The SMILES string of the molecule is Cc1cc(C)nc(N/C(=N\S(=O)(=O)c2ccccc2)Nc2ccc(OCc3ccccc3)cc2)n1. The second-order valence-electron chi connectivity index (χ2n) is 7.75. The minimum absolute atomic E-state index is 0.0307. The molecule has 0 radical (unpaired) electrons. The van der Waals surface area contributed by atoms with E-state index in [0.29, 0.717) is 18.0 Å². The number of aromatic nitrogens is 2. The lowest BCUT2D eigenvalue weighted by Gasteiger charge is -2.13. The summed E-state index contributed by atoms with van der Waals surface area (Å²) in [6.45, 7) is 4.11. The number of anilines is 2. The second kappa shape index (κ2) is 10.8. The van der Waals surface area contributed by atoms with Crippen LogP contribution < -0.4 is 15.4 Å². The average molecular weight is 488 g/mol. The van der Waals surface area contributed by atoms with E-state index in [0.717, 1.165) is 17.0 Å². The molecule has 9 heteroatoms. The van der Waals surface area contributed by atoms with Crippen molar-refractivity contribution in [3.63, 3.8) is 0 Å². The summed E-state index contributed by atoms with van der Waals surface area (Å²) >= 11 is 0. The molecule has 2 N–H and O–H groups in total. The maximum Gasteiger partial charge on any atom is 0.285 e. The molecule has 1 heterocycles. The maximum atomic E-state index is 12.9. The second-order valence-corrected chi connectivity index (χ2v) is 9.36. The minimum atomic E-state index is -3.98. The Balaban J connectivity index is 1.56. The first-order valence-electron chi connectivity index (χ1n) is 10.9. The lowest BCUT2D eigenvalue weighted by atomic mass is 10.2. The summed E-state index contributed by atoms with van der Waals surface area (Å²) in [6, 6.07) is 26.8. The van der Waals surface area contributed by atoms with E-state index in [4.69, 9.17) is 4.74 Å². The fourth-order valence-corrected chi connectivity index (χ4v) is 4.18. The maximum absolute atomic E-state index is 12.9. The summed E-state index contributed by atoms with van der Waals surface area (Å²) in [4.78, 5) is 8.73. The molecule has 0 saturated heterocycles. The fraction of sp³-hybridized carbons (Fsp3) is 0.115. The Morgan fingerprint density at radius 1 is 0.829 bits per heavy atom. The Kier molecular flexibility index (Phi) is 7.37. The first kappa shape index (κ1) is 23.9. The first-order chi connectivity index (χ1) is 16.9. The molecule has 4 aromatic rings. The summed E-state index contributed by atoms with van der Waals surface area (Å²) in [6.07, 6.45) is 0. The molecule has 0 saturated carbocycles. The van der Waals surface area contributed by atoms with E-state index in [2.05, 4.69) is 25.0 Å². The van der Waals surface area contributed by atoms with Gasteiger partial charge in [0.1, 0.15) is 12.4 Å². The van der Waals surface area contributed by atoms with E-state index in [9.17, 15) is 8.42 Å². The molecule has 0 unspecified atom stereocenters. The normalized spacial score (nSPS) is 11.7. The zero-order valence-corrected chi connectivity index (χ0v) is 20.2. The lowest BCUT2D eigenvalue weighted by Crippen LogP contribution is -2.25. The van der Waals surface area contributed by atoms with E-state index in [1.165, 1.54) is 12.1 Å². The summed E-state index contributed by atoms with van der Waals surface area (Å²) in [5, 5.41) is 5.92. The highest BCUT2D eigenvalue weighted by molar-refractivity contribution is 7.90. The number of hydrogen-bond donors (Lipinski definition) is 2. The summed E-state index contributed by atoms with van der Waals surface area (Å²) < 4.78 is 35.6. The molecule has 1 aromatic heterocycles. The number of rotatable bonds is 7. The van der Waals surface area contributed by atoms with Gasteiger partial charge in [0.25, 0.3) is 10.0 Å². The third kappa shape index (κ3) is 6.87. The van der Waals surface area contributed by atoms with Crippen molar-refractivity contribution in [3.05, 3.63) is 108 Å². The molecule has 178 valence electrons. The molecule has 0 bridgehead atoms. The molecule has 0 amide bonds. The van der Waals surface area contributed by atoms with Crippen LogP contribution in [-0.4, -0.2) is 24.3 Å². The standard InChI is InChI=1S/C26H25N5O3S/c1-19-17-20(2)28-25(27-19)30-26(31-35(32,33)24-11-7-4-8-12-24)29-22-13-15-23(16-14-22)34-18-21-9-5-3-6-10-21/h3-17H,18H2,1-2H3,(H2,27,28,29,30,31). The fourth-order valence-electron chi connectivity index (χ4n) is 3.24. The van der Waals surface area contributed by atoms with Crippen LogP contribution in [-0.2, 0) is 16.6 Å². The summed E-state index contributed by atoms with van der Waals surface area (Å²) in [5.41, 5.74) is 3.15. The predicted molar refractivity (Wildman–Crippen MR) is 137 cm³/mol. The highest BCUT2D eigenvalue weighted by Gasteiger charge is 2.15. The molecule has 0 spiro atoms. The van der Waals surface area contributed by atoms with Crippen LogP contribution in [0.3, 0.4) is 0 Å². The molecule has 8 nitrogen and oxygen atoms in total. The molecule has 0 aliphatic carbocycles. The van der Waals surface area contributed by atoms with Gasteiger partial charge >= 0.3 is 0 Å². The third-order valence-electron chi connectivity index (χ3n) is 4.83. The van der Waals surface area contributed by atoms with Gasteiger partial charge in [-0.1, -0.05) is 48.5 Å². The third-order valence-corrected chi connectivity index (χ3v) is 6.12. The zero-order chi connectivity index (χ0) is 24.7. The Labute approximate surface area is 204 Å². The van der Waals surface area contributed by atoms with Gasteiger partial charge in [0, 0.05) is 17.1 Å². The smallest absolute Gasteiger partial charge is 0.285 e. The van der Waals surface area contributed by atoms with Gasteiger partial charge in [-0.15, -0.1) is 4.40 Å². The number of guanidine groups is 1. The van der Waals surface area contributed by atoms with Crippen molar-refractivity contribution in [3.8, 4) is 5.75 Å². The quantitative estimate of drug-likeness (QED) is 0.281. The van der Waals surface area contributed by atoms with Crippen molar-refractivity contribution >= 4 is 27.6 Å². The number of hydrogen-bond acceptors (Lipinski definition) is 5. The van der Waals surface area contributed by atoms with Gasteiger partial charge in [-0.05, 0) is 61.9 Å². The minimum Gasteiger partial charge on any atom is -0.489 e. The van der Waals surface area contributed by atoms with Crippen molar-refractivity contribution in [2.24, 2.45) is 4.40 Å². The molecular weight excluding hydrogens is 462 g/mol. The largest absolute Gasteiger partial charge is 0.489 e. The van der Waals surface area contributed by atoms with E-state index < -0.39 is 10.0 Å². The molecule has 35 heavy (non-hydrogen) atoms. The van der Waals surface area contributed by atoms with E-state index in [1.54, 1.807) is 42.5 Å². The number of nitrogens with zero attached hydrogens (tertiary/aromatic N) is 3. The monoisotopic (exact) mass is 487 g/mol. The topological polar surface area (TPSA) is 106 Å². The van der Waals surface area contributed by atoms with Gasteiger partial charge in [0.05, 0.1) is 4.90 Å². The molecule has 0 atom stereocenters. The Hall–Kier alpha value is -4.24.